The topological polar surface area (TPSA) is 54.9 Å². The number of nitrogens with zero attached hydrogens (tertiary/aromatic N) is 1. The molecule has 1 unspecified atom stereocenters. The van der Waals surface area contributed by atoms with Crippen molar-refractivity contribution in [1.82, 2.24) is 10.6 Å². The Bertz CT molecular complexity index is 458. The summed E-state index contributed by atoms with van der Waals surface area (Å²) in [5.41, 5.74) is 1.37. The predicted octanol–water partition coefficient (Wildman–Crippen LogP) is 3.62. The fourth-order valence-electron chi connectivity index (χ4n) is 2.34. The standard InChI is InChI=1S/C20H35N3O2.HI/c1-4-5-14-24-16-17-25-15-13-22-20(21-3)23-18(2)11-12-19-9-7-6-8-10-19;/h6-10,18H,4-5,11-17H2,1-3H3,(H2,21,22,23);1H. The summed E-state index contributed by atoms with van der Waals surface area (Å²) in [6.45, 7) is 7.87. The molecule has 0 amide bonds. The van der Waals surface area contributed by atoms with Gasteiger partial charge < -0.3 is 20.1 Å². The van der Waals surface area contributed by atoms with E-state index in [0.717, 1.165) is 38.4 Å². The van der Waals surface area contributed by atoms with Crippen LogP contribution in [0.2, 0.25) is 0 Å². The van der Waals surface area contributed by atoms with Crippen LogP contribution in [-0.2, 0) is 15.9 Å². The maximum atomic E-state index is 5.55. The summed E-state index contributed by atoms with van der Waals surface area (Å²) in [7, 11) is 1.79. The van der Waals surface area contributed by atoms with Gasteiger partial charge in [0, 0.05) is 26.2 Å². The highest BCUT2D eigenvalue weighted by Crippen LogP contribution is 2.04. The second-order valence-electron chi connectivity index (χ2n) is 6.15. The van der Waals surface area contributed by atoms with E-state index in [2.05, 4.69) is 59.8 Å². The third-order valence-corrected chi connectivity index (χ3v) is 3.87. The number of unbranched alkanes of at least 4 members (excludes halogenated alkanes) is 1. The van der Waals surface area contributed by atoms with Crippen LogP contribution in [0.4, 0.5) is 0 Å². The van der Waals surface area contributed by atoms with E-state index >= 15 is 0 Å². The second-order valence-corrected chi connectivity index (χ2v) is 6.15. The Hall–Kier alpha value is -0.860. The number of halogens is 1. The van der Waals surface area contributed by atoms with E-state index in [1.165, 1.54) is 12.0 Å². The molecule has 1 aromatic rings. The van der Waals surface area contributed by atoms with Gasteiger partial charge in [-0.1, -0.05) is 43.7 Å². The molecule has 5 nitrogen and oxygen atoms in total. The molecule has 1 atom stereocenters. The zero-order chi connectivity index (χ0) is 18.2. The van der Waals surface area contributed by atoms with Gasteiger partial charge in [-0.2, -0.15) is 0 Å². The fraction of sp³-hybridized carbons (Fsp3) is 0.650. The molecule has 0 saturated heterocycles. The van der Waals surface area contributed by atoms with E-state index in [4.69, 9.17) is 9.47 Å². The van der Waals surface area contributed by atoms with Gasteiger partial charge in [0.05, 0.1) is 19.8 Å². The van der Waals surface area contributed by atoms with E-state index < -0.39 is 0 Å². The summed E-state index contributed by atoms with van der Waals surface area (Å²) in [5, 5.41) is 6.70. The lowest BCUT2D eigenvalue weighted by molar-refractivity contribution is 0.0487. The van der Waals surface area contributed by atoms with Crippen molar-refractivity contribution < 1.29 is 9.47 Å². The maximum Gasteiger partial charge on any atom is 0.191 e. The van der Waals surface area contributed by atoms with Crippen LogP contribution in [-0.4, -0.2) is 52.0 Å². The number of hydrogen-bond donors (Lipinski definition) is 2. The number of benzene rings is 1. The number of nitrogens with one attached hydrogen (secondary N) is 2. The molecule has 0 aromatic heterocycles. The van der Waals surface area contributed by atoms with Gasteiger partial charge in [0.25, 0.3) is 0 Å². The molecule has 0 aliphatic rings. The summed E-state index contributed by atoms with van der Waals surface area (Å²) in [6, 6.07) is 10.9. The van der Waals surface area contributed by atoms with Crippen molar-refractivity contribution in [2.75, 3.05) is 40.0 Å². The van der Waals surface area contributed by atoms with Gasteiger partial charge in [-0.05, 0) is 31.7 Å². The van der Waals surface area contributed by atoms with E-state index in [1.54, 1.807) is 7.05 Å². The molecule has 0 bridgehead atoms. The molecule has 0 radical (unpaired) electrons. The zero-order valence-electron chi connectivity index (χ0n) is 16.5. The molecule has 0 fully saturated rings. The molecular formula is C20H36IN3O2. The molecule has 1 rings (SSSR count). The van der Waals surface area contributed by atoms with Crippen LogP contribution in [0.15, 0.2) is 35.3 Å². The van der Waals surface area contributed by atoms with Crippen LogP contribution in [0.1, 0.15) is 38.7 Å². The van der Waals surface area contributed by atoms with Crippen molar-refractivity contribution in [3.63, 3.8) is 0 Å². The van der Waals surface area contributed by atoms with Gasteiger partial charge in [-0.25, -0.2) is 0 Å². The predicted molar refractivity (Wildman–Crippen MR) is 121 cm³/mol. The number of aliphatic imine (C=N–C) groups is 1. The van der Waals surface area contributed by atoms with E-state index in [0.29, 0.717) is 25.9 Å². The minimum Gasteiger partial charge on any atom is -0.379 e. The summed E-state index contributed by atoms with van der Waals surface area (Å²) in [5.74, 6) is 0.823. The quantitative estimate of drug-likeness (QED) is 0.197. The molecule has 150 valence electrons. The molecule has 0 aliphatic carbocycles. The highest BCUT2D eigenvalue weighted by molar-refractivity contribution is 14.0. The summed E-state index contributed by atoms with van der Waals surface area (Å²) in [4.78, 5) is 4.26. The molecule has 0 saturated carbocycles. The third kappa shape index (κ3) is 13.4. The number of ether oxygens (including phenoxy) is 2. The lowest BCUT2D eigenvalue weighted by atomic mass is 10.1. The van der Waals surface area contributed by atoms with Crippen LogP contribution in [0, 0.1) is 0 Å². The number of guanidine groups is 1. The molecule has 6 heteroatoms. The van der Waals surface area contributed by atoms with Gasteiger partial charge in [0.1, 0.15) is 0 Å². The lowest BCUT2D eigenvalue weighted by Gasteiger charge is -2.18. The summed E-state index contributed by atoms with van der Waals surface area (Å²) in [6.07, 6.45) is 4.41. The average Bonchev–Trinajstić information content (AvgIpc) is 2.65. The smallest absolute Gasteiger partial charge is 0.191 e. The molecule has 1 aromatic carbocycles. The van der Waals surface area contributed by atoms with Crippen LogP contribution in [0.25, 0.3) is 0 Å². The second kappa shape index (κ2) is 17.5. The van der Waals surface area contributed by atoms with Crippen LogP contribution in [0.5, 0.6) is 0 Å². The maximum absolute atomic E-state index is 5.55. The lowest BCUT2D eigenvalue weighted by Crippen LogP contribution is -2.43. The van der Waals surface area contributed by atoms with Crippen molar-refractivity contribution in [2.45, 2.75) is 45.6 Å². The van der Waals surface area contributed by atoms with Crippen molar-refractivity contribution in [3.05, 3.63) is 35.9 Å². The van der Waals surface area contributed by atoms with Gasteiger partial charge in [0.2, 0.25) is 0 Å². The molecule has 0 heterocycles. The van der Waals surface area contributed by atoms with Crippen LogP contribution in [0.3, 0.4) is 0 Å². The first-order chi connectivity index (χ1) is 12.3. The fourth-order valence-corrected chi connectivity index (χ4v) is 2.34. The van der Waals surface area contributed by atoms with Crippen LogP contribution < -0.4 is 10.6 Å². The molecule has 0 spiro atoms. The Morgan fingerprint density at radius 3 is 2.42 bits per heavy atom. The average molecular weight is 477 g/mol. The molecule has 2 N–H and O–H groups in total. The monoisotopic (exact) mass is 477 g/mol. The highest BCUT2D eigenvalue weighted by atomic mass is 127. The Balaban J connectivity index is 0.00000625. The van der Waals surface area contributed by atoms with Crippen molar-refractivity contribution in [1.29, 1.82) is 0 Å². The van der Waals surface area contributed by atoms with Gasteiger partial charge in [-0.3, -0.25) is 4.99 Å². The summed E-state index contributed by atoms with van der Waals surface area (Å²) >= 11 is 0. The van der Waals surface area contributed by atoms with Crippen molar-refractivity contribution >= 4 is 29.9 Å². The Morgan fingerprint density at radius 1 is 1.08 bits per heavy atom. The SMILES string of the molecule is CCCCOCCOCCNC(=NC)NC(C)CCc1ccccc1.I. The minimum absolute atomic E-state index is 0. The van der Waals surface area contributed by atoms with Crippen LogP contribution >= 0.6 is 24.0 Å². The first-order valence-electron chi connectivity index (χ1n) is 9.42. The molecule has 0 aliphatic heterocycles. The Morgan fingerprint density at radius 2 is 1.77 bits per heavy atom. The van der Waals surface area contributed by atoms with E-state index in [1.807, 2.05) is 0 Å². The Labute approximate surface area is 176 Å². The minimum atomic E-state index is 0. The van der Waals surface area contributed by atoms with E-state index in [-0.39, 0.29) is 24.0 Å². The van der Waals surface area contributed by atoms with Crippen molar-refractivity contribution in [3.8, 4) is 0 Å². The first-order valence-corrected chi connectivity index (χ1v) is 9.42. The van der Waals surface area contributed by atoms with Crippen molar-refractivity contribution in [2.24, 2.45) is 4.99 Å². The number of aryl methyl sites for hydroxylation is 1. The third-order valence-electron chi connectivity index (χ3n) is 3.87. The zero-order valence-corrected chi connectivity index (χ0v) is 18.8. The van der Waals surface area contributed by atoms with E-state index in [9.17, 15) is 0 Å². The Kier molecular flexibility index (Phi) is 17.0. The number of rotatable bonds is 13. The van der Waals surface area contributed by atoms with Gasteiger partial charge >= 0.3 is 0 Å². The normalized spacial score (nSPS) is 12.3. The first kappa shape index (κ1) is 25.1. The summed E-state index contributed by atoms with van der Waals surface area (Å²) < 4.78 is 11.0. The highest BCUT2D eigenvalue weighted by Gasteiger charge is 2.05. The van der Waals surface area contributed by atoms with Gasteiger partial charge in [0.15, 0.2) is 5.96 Å². The number of hydrogen-bond acceptors (Lipinski definition) is 3. The van der Waals surface area contributed by atoms with Gasteiger partial charge in [-0.15, -0.1) is 24.0 Å². The molecular weight excluding hydrogens is 441 g/mol. The molecule has 26 heavy (non-hydrogen) atoms. The largest absolute Gasteiger partial charge is 0.379 e.